The lowest BCUT2D eigenvalue weighted by Gasteiger charge is -2.13. The number of carbonyl (C=O) groups excluding carboxylic acids is 3. The van der Waals surface area contributed by atoms with E-state index in [0.29, 0.717) is 5.56 Å². The van der Waals surface area contributed by atoms with Crippen molar-refractivity contribution >= 4 is 23.5 Å². The summed E-state index contributed by atoms with van der Waals surface area (Å²) in [4.78, 5) is 36.0. The SMILES string of the molecule is COC(=O)c1ccc(C(=O)OC)c(NC(=O)C[NH2+][C@@H](C)c2ccc(F)c(F)c2)c1. The lowest BCUT2D eigenvalue weighted by molar-refractivity contribution is -0.682. The number of nitrogens with one attached hydrogen (secondary N) is 1. The third kappa shape index (κ3) is 5.58. The van der Waals surface area contributed by atoms with Gasteiger partial charge in [-0.1, -0.05) is 0 Å². The lowest BCUT2D eigenvalue weighted by Crippen LogP contribution is -2.86. The van der Waals surface area contributed by atoms with Gasteiger partial charge in [0, 0.05) is 5.56 Å². The van der Waals surface area contributed by atoms with Crippen molar-refractivity contribution in [3.8, 4) is 0 Å². The Balaban J connectivity index is 2.11. The Hall–Kier alpha value is -3.33. The minimum atomic E-state index is -0.963. The number of esters is 2. The van der Waals surface area contributed by atoms with Gasteiger partial charge >= 0.3 is 11.9 Å². The van der Waals surface area contributed by atoms with E-state index in [-0.39, 0.29) is 29.4 Å². The van der Waals surface area contributed by atoms with E-state index in [4.69, 9.17) is 0 Å². The number of carbonyl (C=O) groups is 3. The zero-order chi connectivity index (χ0) is 21.6. The van der Waals surface area contributed by atoms with Gasteiger partial charge in [-0.25, -0.2) is 18.4 Å². The Labute approximate surface area is 166 Å². The fourth-order valence-electron chi connectivity index (χ4n) is 2.60. The van der Waals surface area contributed by atoms with Crippen LogP contribution in [-0.4, -0.2) is 38.6 Å². The Kier molecular flexibility index (Phi) is 7.38. The maximum absolute atomic E-state index is 13.4. The molecule has 2 aromatic carbocycles. The minimum absolute atomic E-state index is 0.0662. The van der Waals surface area contributed by atoms with E-state index in [1.165, 1.54) is 38.5 Å². The maximum Gasteiger partial charge on any atom is 0.339 e. The van der Waals surface area contributed by atoms with E-state index < -0.39 is 29.5 Å². The second-order valence-electron chi connectivity index (χ2n) is 6.19. The van der Waals surface area contributed by atoms with Gasteiger partial charge in [-0.15, -0.1) is 0 Å². The van der Waals surface area contributed by atoms with Crippen LogP contribution in [0.5, 0.6) is 0 Å². The fourth-order valence-corrected chi connectivity index (χ4v) is 2.60. The van der Waals surface area contributed by atoms with Gasteiger partial charge in [0.05, 0.1) is 31.0 Å². The molecule has 2 aromatic rings. The Bertz CT molecular complexity index is 933. The lowest BCUT2D eigenvalue weighted by atomic mass is 10.1. The number of hydrogen-bond donors (Lipinski definition) is 2. The van der Waals surface area contributed by atoms with Gasteiger partial charge in [-0.2, -0.15) is 0 Å². The summed E-state index contributed by atoms with van der Waals surface area (Å²) in [5.74, 6) is -3.69. The van der Waals surface area contributed by atoms with Gasteiger partial charge in [0.1, 0.15) is 6.04 Å². The highest BCUT2D eigenvalue weighted by Gasteiger charge is 2.19. The third-order valence-electron chi connectivity index (χ3n) is 4.25. The van der Waals surface area contributed by atoms with Gasteiger partial charge in [0.2, 0.25) is 0 Å². The van der Waals surface area contributed by atoms with Crippen LogP contribution < -0.4 is 10.6 Å². The number of hydrogen-bond acceptors (Lipinski definition) is 5. The predicted molar refractivity (Wildman–Crippen MR) is 99.3 cm³/mol. The first-order valence-electron chi connectivity index (χ1n) is 8.65. The topological polar surface area (TPSA) is 98.3 Å². The molecular weight excluding hydrogens is 386 g/mol. The summed E-state index contributed by atoms with van der Waals surface area (Å²) in [6.45, 7) is 1.67. The van der Waals surface area contributed by atoms with Gasteiger partial charge in [0.15, 0.2) is 18.2 Å². The molecule has 0 spiro atoms. The second-order valence-corrected chi connectivity index (χ2v) is 6.19. The summed E-state index contributed by atoms with van der Waals surface area (Å²) in [6, 6.07) is 7.25. The number of anilines is 1. The molecule has 2 rings (SSSR count). The van der Waals surface area contributed by atoms with Crippen molar-refractivity contribution < 1.29 is 38.0 Å². The summed E-state index contributed by atoms with van der Waals surface area (Å²) < 4.78 is 35.7. The molecule has 9 heteroatoms. The van der Waals surface area contributed by atoms with Crippen molar-refractivity contribution in [3.05, 3.63) is 64.7 Å². The average Bonchev–Trinajstić information content (AvgIpc) is 2.72. The first-order valence-corrected chi connectivity index (χ1v) is 8.65. The first kappa shape index (κ1) is 22.0. The number of nitrogens with two attached hydrogens (primary N) is 1. The molecule has 0 aliphatic rings. The highest BCUT2D eigenvalue weighted by atomic mass is 19.2. The summed E-state index contributed by atoms with van der Waals surface area (Å²) in [5.41, 5.74) is 0.829. The van der Waals surface area contributed by atoms with Crippen LogP contribution >= 0.6 is 0 Å². The molecule has 7 nitrogen and oxygen atoms in total. The summed E-state index contributed by atoms with van der Waals surface area (Å²) in [7, 11) is 2.41. The van der Waals surface area contributed by atoms with Gasteiger partial charge in [0.25, 0.3) is 5.91 Å². The second kappa shape index (κ2) is 9.74. The van der Waals surface area contributed by atoms with Gasteiger partial charge in [-0.3, -0.25) is 4.79 Å². The minimum Gasteiger partial charge on any atom is -0.465 e. The zero-order valence-electron chi connectivity index (χ0n) is 16.1. The van der Waals surface area contributed by atoms with Crippen molar-refractivity contribution in [3.63, 3.8) is 0 Å². The molecule has 0 saturated carbocycles. The molecule has 0 aliphatic carbocycles. The normalized spacial score (nSPS) is 11.5. The Morgan fingerprint density at radius 3 is 2.31 bits per heavy atom. The molecule has 0 saturated heterocycles. The number of methoxy groups -OCH3 is 2. The molecule has 0 heterocycles. The molecule has 0 bridgehead atoms. The molecule has 1 atom stereocenters. The van der Waals surface area contributed by atoms with Crippen LogP contribution in [0.25, 0.3) is 0 Å². The first-order chi connectivity index (χ1) is 13.8. The Morgan fingerprint density at radius 1 is 1.00 bits per heavy atom. The molecule has 0 unspecified atom stereocenters. The number of benzene rings is 2. The largest absolute Gasteiger partial charge is 0.465 e. The maximum atomic E-state index is 13.4. The summed E-state index contributed by atoms with van der Waals surface area (Å²) in [5, 5.41) is 4.17. The average molecular weight is 407 g/mol. The standard InChI is InChI=1S/C20H20F2N2O5/c1-11(12-5-7-15(21)16(22)8-12)23-10-18(25)24-17-9-13(19(26)28-2)4-6-14(17)20(27)29-3/h4-9,11,23H,10H2,1-3H3,(H,24,25)/p+1/t11-/m0/s1. The summed E-state index contributed by atoms with van der Waals surface area (Å²) >= 11 is 0. The van der Waals surface area contributed by atoms with Crippen LogP contribution in [0, 0.1) is 11.6 Å². The Morgan fingerprint density at radius 2 is 1.69 bits per heavy atom. The highest BCUT2D eigenvalue weighted by molar-refractivity contribution is 6.03. The number of amides is 1. The molecular formula is C20H21F2N2O5+. The summed E-state index contributed by atoms with van der Waals surface area (Å²) in [6.07, 6.45) is 0. The van der Waals surface area contributed by atoms with E-state index in [0.717, 1.165) is 12.1 Å². The molecule has 0 aliphatic heterocycles. The molecule has 0 fully saturated rings. The van der Waals surface area contributed by atoms with Crippen LogP contribution in [0.4, 0.5) is 14.5 Å². The van der Waals surface area contributed by atoms with Crippen molar-refractivity contribution in [1.82, 2.24) is 0 Å². The number of ether oxygens (including phenoxy) is 2. The molecule has 0 radical (unpaired) electrons. The monoisotopic (exact) mass is 407 g/mol. The number of halogens is 2. The van der Waals surface area contributed by atoms with E-state index >= 15 is 0 Å². The molecule has 3 N–H and O–H groups in total. The van der Waals surface area contributed by atoms with Crippen molar-refractivity contribution in [2.45, 2.75) is 13.0 Å². The van der Waals surface area contributed by atoms with Crippen molar-refractivity contribution in [2.24, 2.45) is 0 Å². The van der Waals surface area contributed by atoms with Crippen LogP contribution in [0.2, 0.25) is 0 Å². The van der Waals surface area contributed by atoms with Crippen molar-refractivity contribution in [2.75, 3.05) is 26.1 Å². The van der Waals surface area contributed by atoms with E-state index in [9.17, 15) is 23.2 Å². The van der Waals surface area contributed by atoms with Crippen LogP contribution in [0.3, 0.4) is 0 Å². The molecule has 1 amide bonds. The predicted octanol–water partition coefficient (Wildman–Crippen LogP) is 1.80. The highest BCUT2D eigenvalue weighted by Crippen LogP contribution is 2.20. The quantitative estimate of drug-likeness (QED) is 0.682. The molecule has 0 aromatic heterocycles. The smallest absolute Gasteiger partial charge is 0.339 e. The number of quaternary nitrogens is 1. The van der Waals surface area contributed by atoms with Crippen LogP contribution in [0.1, 0.15) is 39.2 Å². The van der Waals surface area contributed by atoms with Crippen LogP contribution in [0.15, 0.2) is 36.4 Å². The van der Waals surface area contributed by atoms with Crippen LogP contribution in [-0.2, 0) is 14.3 Å². The molecule has 154 valence electrons. The number of rotatable bonds is 7. The zero-order valence-corrected chi connectivity index (χ0v) is 16.1. The third-order valence-corrected chi connectivity index (χ3v) is 4.25. The molecule has 29 heavy (non-hydrogen) atoms. The van der Waals surface area contributed by atoms with E-state index in [2.05, 4.69) is 14.8 Å². The van der Waals surface area contributed by atoms with E-state index in [1.807, 2.05) is 0 Å². The van der Waals surface area contributed by atoms with Gasteiger partial charge in [-0.05, 0) is 43.3 Å². The van der Waals surface area contributed by atoms with E-state index in [1.54, 1.807) is 12.2 Å². The van der Waals surface area contributed by atoms with Crippen molar-refractivity contribution in [1.29, 1.82) is 0 Å². The fraction of sp³-hybridized carbons (Fsp3) is 0.250. The van der Waals surface area contributed by atoms with Gasteiger partial charge < -0.3 is 20.1 Å².